The molecule has 1 aliphatic rings. The van der Waals surface area contributed by atoms with Crippen molar-refractivity contribution in [1.82, 2.24) is 14.8 Å². The Morgan fingerprint density at radius 3 is 2.26 bits per heavy atom. The van der Waals surface area contributed by atoms with Crippen LogP contribution < -0.4 is 4.74 Å². The van der Waals surface area contributed by atoms with Crippen LogP contribution in [-0.4, -0.2) is 45.5 Å². The monoisotopic (exact) mass is 577 g/mol. The van der Waals surface area contributed by atoms with Crippen LogP contribution in [0.2, 0.25) is 0 Å². The minimum atomic E-state index is -0.717. The molecule has 0 N–H and O–H groups in total. The van der Waals surface area contributed by atoms with E-state index in [4.69, 9.17) is 18.9 Å². The van der Waals surface area contributed by atoms with Gasteiger partial charge in [-0.25, -0.2) is 19.3 Å². The summed E-state index contributed by atoms with van der Waals surface area (Å²) in [5.41, 5.74) is 4.54. The van der Waals surface area contributed by atoms with Crippen LogP contribution in [0.15, 0.2) is 97.3 Å². The number of rotatable bonds is 9. The average molecular weight is 578 g/mol. The van der Waals surface area contributed by atoms with Crippen molar-refractivity contribution in [1.29, 1.82) is 0 Å². The van der Waals surface area contributed by atoms with Gasteiger partial charge in [0.05, 0.1) is 22.7 Å². The minimum Gasteiger partial charge on any atom is -0.488 e. The topological polar surface area (TPSA) is 102 Å². The molecule has 1 saturated heterocycles. The lowest BCUT2D eigenvalue weighted by molar-refractivity contribution is -0.0590. The fourth-order valence-corrected chi connectivity index (χ4v) is 4.95. The molecule has 0 bridgehead atoms. The number of carbonyl (C=O) groups excluding carboxylic acids is 2. The van der Waals surface area contributed by atoms with Crippen molar-refractivity contribution >= 4 is 23.0 Å². The molecule has 9 heteroatoms. The predicted octanol–water partition coefficient (Wildman–Crippen LogP) is 6.00. The molecule has 2 aromatic heterocycles. The highest BCUT2D eigenvalue weighted by atomic mass is 16.6. The number of hydrogen-bond donors (Lipinski definition) is 0. The van der Waals surface area contributed by atoms with Gasteiger partial charge in [0, 0.05) is 12.6 Å². The number of carbonyl (C=O) groups is 2. The van der Waals surface area contributed by atoms with Crippen molar-refractivity contribution in [3.05, 3.63) is 125 Å². The summed E-state index contributed by atoms with van der Waals surface area (Å²) in [7, 11) is 0. The summed E-state index contributed by atoms with van der Waals surface area (Å²) in [6.45, 7) is 4.19. The Morgan fingerprint density at radius 2 is 1.56 bits per heavy atom. The Balaban J connectivity index is 1.21. The maximum atomic E-state index is 13.1. The highest BCUT2D eigenvalue weighted by Gasteiger charge is 2.41. The quantitative estimate of drug-likeness (QED) is 0.197. The van der Waals surface area contributed by atoms with Crippen LogP contribution in [0.25, 0.3) is 11.0 Å². The molecule has 0 unspecified atom stereocenters. The Kier molecular flexibility index (Phi) is 8.15. The third-order valence-corrected chi connectivity index (χ3v) is 7.36. The molecule has 218 valence electrons. The van der Waals surface area contributed by atoms with Gasteiger partial charge in [-0.1, -0.05) is 65.7 Å². The Bertz CT molecular complexity index is 1720. The highest BCUT2D eigenvalue weighted by molar-refractivity contribution is 5.90. The van der Waals surface area contributed by atoms with Gasteiger partial charge in [0.25, 0.3) is 0 Å². The summed E-state index contributed by atoms with van der Waals surface area (Å²) < 4.78 is 25.6. The van der Waals surface area contributed by atoms with Gasteiger partial charge in [-0.2, -0.15) is 5.10 Å². The summed E-state index contributed by atoms with van der Waals surface area (Å²) in [5.74, 6) is -0.324. The zero-order valence-corrected chi connectivity index (χ0v) is 23.9. The molecule has 1 fully saturated rings. The Labute approximate surface area is 249 Å². The van der Waals surface area contributed by atoms with Gasteiger partial charge in [-0.15, -0.1) is 0 Å². The molecule has 43 heavy (non-hydrogen) atoms. The summed E-state index contributed by atoms with van der Waals surface area (Å²) in [6.07, 6.45) is 1.60. The van der Waals surface area contributed by atoms with E-state index < -0.39 is 30.4 Å². The third-order valence-electron chi connectivity index (χ3n) is 7.36. The summed E-state index contributed by atoms with van der Waals surface area (Å²) >= 11 is 0. The Hall–Kier alpha value is -5.02. The van der Waals surface area contributed by atoms with E-state index in [1.54, 1.807) is 47.4 Å². The first-order chi connectivity index (χ1) is 20.9. The van der Waals surface area contributed by atoms with Crippen LogP contribution in [0.3, 0.4) is 0 Å². The van der Waals surface area contributed by atoms with E-state index in [0.717, 1.165) is 22.1 Å². The van der Waals surface area contributed by atoms with Gasteiger partial charge in [0.1, 0.15) is 31.2 Å². The molecular weight excluding hydrogens is 546 g/mol. The normalized spacial score (nSPS) is 18.0. The summed E-state index contributed by atoms with van der Waals surface area (Å²) in [5, 5.41) is 5.29. The van der Waals surface area contributed by atoms with E-state index in [1.807, 2.05) is 68.4 Å². The van der Waals surface area contributed by atoms with Gasteiger partial charge < -0.3 is 18.9 Å². The molecule has 5 aromatic rings. The standard InChI is InChI=1S/C34H31N3O6/c1-22-8-12-25(13-9-22)33(38)41-21-30-29(43-34(39)26-14-10-23(2)11-15-26)18-31(42-30)37-32-27(19-36-37)28(16-17-35-32)40-20-24-6-4-3-5-7-24/h3-17,19,29-31H,18,20-21H2,1-2H3/t29-,30+,31+/m0/s1. The number of aromatic nitrogens is 3. The van der Waals surface area contributed by atoms with E-state index in [1.165, 1.54) is 0 Å². The second-order valence-electron chi connectivity index (χ2n) is 10.5. The number of esters is 2. The zero-order valence-electron chi connectivity index (χ0n) is 23.9. The number of pyridine rings is 1. The molecule has 0 spiro atoms. The maximum Gasteiger partial charge on any atom is 0.338 e. The van der Waals surface area contributed by atoms with Gasteiger partial charge >= 0.3 is 11.9 Å². The largest absolute Gasteiger partial charge is 0.488 e. The molecule has 0 aliphatic carbocycles. The van der Waals surface area contributed by atoms with Crippen molar-refractivity contribution in [2.24, 2.45) is 0 Å². The number of benzene rings is 3. The van der Waals surface area contributed by atoms with Crippen LogP contribution >= 0.6 is 0 Å². The van der Waals surface area contributed by atoms with Gasteiger partial charge in [0.15, 0.2) is 11.9 Å². The molecule has 0 radical (unpaired) electrons. The van der Waals surface area contributed by atoms with Crippen molar-refractivity contribution in [3.63, 3.8) is 0 Å². The first-order valence-corrected chi connectivity index (χ1v) is 14.1. The van der Waals surface area contributed by atoms with E-state index in [0.29, 0.717) is 29.1 Å². The molecule has 6 rings (SSSR count). The molecule has 3 atom stereocenters. The number of fused-ring (bicyclic) bond motifs is 1. The SMILES string of the molecule is Cc1ccc(C(=O)OC[C@H]2O[C@@H](n3ncc4c(OCc5ccccc5)ccnc43)C[C@@H]2OC(=O)c2ccc(C)cc2)cc1. The lowest BCUT2D eigenvalue weighted by Gasteiger charge is -2.19. The van der Waals surface area contributed by atoms with Gasteiger partial charge in [-0.3, -0.25) is 0 Å². The Morgan fingerprint density at radius 1 is 0.884 bits per heavy atom. The maximum absolute atomic E-state index is 13.1. The summed E-state index contributed by atoms with van der Waals surface area (Å²) in [4.78, 5) is 30.3. The minimum absolute atomic E-state index is 0.104. The lowest BCUT2D eigenvalue weighted by atomic mass is 10.1. The van der Waals surface area contributed by atoms with Crippen LogP contribution in [0.1, 0.15) is 50.1 Å². The van der Waals surface area contributed by atoms with E-state index >= 15 is 0 Å². The smallest absolute Gasteiger partial charge is 0.338 e. The van der Waals surface area contributed by atoms with Crippen LogP contribution in [-0.2, 0) is 20.8 Å². The van der Waals surface area contributed by atoms with E-state index in [9.17, 15) is 9.59 Å². The summed E-state index contributed by atoms with van der Waals surface area (Å²) in [6, 6.07) is 25.9. The van der Waals surface area contributed by atoms with Gasteiger partial charge in [-0.05, 0) is 49.7 Å². The predicted molar refractivity (Wildman–Crippen MR) is 159 cm³/mol. The molecule has 0 amide bonds. The molecule has 0 saturated carbocycles. The lowest BCUT2D eigenvalue weighted by Crippen LogP contribution is -2.32. The van der Waals surface area contributed by atoms with Crippen molar-refractivity contribution in [2.45, 2.75) is 45.3 Å². The van der Waals surface area contributed by atoms with E-state index in [2.05, 4.69) is 10.1 Å². The number of hydrogen-bond acceptors (Lipinski definition) is 8. The first kappa shape index (κ1) is 28.1. The zero-order chi connectivity index (χ0) is 29.8. The third kappa shape index (κ3) is 6.42. The molecule has 3 aromatic carbocycles. The van der Waals surface area contributed by atoms with Crippen molar-refractivity contribution < 1.29 is 28.5 Å². The van der Waals surface area contributed by atoms with Crippen LogP contribution in [0.4, 0.5) is 0 Å². The number of ether oxygens (including phenoxy) is 4. The van der Waals surface area contributed by atoms with E-state index in [-0.39, 0.29) is 13.0 Å². The molecular formula is C34H31N3O6. The fourth-order valence-electron chi connectivity index (χ4n) is 4.95. The molecule has 9 nitrogen and oxygen atoms in total. The second-order valence-corrected chi connectivity index (χ2v) is 10.5. The average Bonchev–Trinajstić information content (AvgIpc) is 3.64. The number of aryl methyl sites for hydroxylation is 2. The van der Waals surface area contributed by atoms with Crippen molar-refractivity contribution in [3.8, 4) is 5.75 Å². The number of nitrogens with zero attached hydrogens (tertiary/aromatic N) is 3. The van der Waals surface area contributed by atoms with Gasteiger partial charge in [0.2, 0.25) is 0 Å². The van der Waals surface area contributed by atoms with Crippen LogP contribution in [0.5, 0.6) is 5.75 Å². The van der Waals surface area contributed by atoms with Crippen molar-refractivity contribution in [2.75, 3.05) is 6.61 Å². The fraction of sp³-hybridized carbons (Fsp3) is 0.235. The highest BCUT2D eigenvalue weighted by Crippen LogP contribution is 2.35. The second kappa shape index (κ2) is 12.5. The molecule has 1 aliphatic heterocycles. The van der Waals surface area contributed by atoms with Crippen LogP contribution in [0, 0.1) is 13.8 Å². The molecule has 3 heterocycles. The first-order valence-electron chi connectivity index (χ1n) is 14.1.